The quantitative estimate of drug-likeness (QED) is 0.0889. The largest absolute Gasteiger partial charge is 0.339 e. The number of nitrogens with zero attached hydrogens (tertiary/aromatic N) is 1. The van der Waals surface area contributed by atoms with Crippen LogP contribution in [0.4, 0.5) is 5.69 Å². The molecule has 0 bridgehead atoms. The highest BCUT2D eigenvalue weighted by Gasteiger charge is 2.17. The summed E-state index contributed by atoms with van der Waals surface area (Å²) in [4.78, 5) is 5.54. The average molecular weight is 613 g/mol. The van der Waals surface area contributed by atoms with E-state index in [0.717, 1.165) is 28.2 Å². The molecule has 0 aliphatic carbocycles. The number of anilines is 1. The Kier molecular flexibility index (Phi) is 6.91. The monoisotopic (exact) mass is 612 g/mol. The second kappa shape index (κ2) is 11.8. The summed E-state index contributed by atoms with van der Waals surface area (Å²) in [5.74, 6) is 0.854. The van der Waals surface area contributed by atoms with Crippen molar-refractivity contribution in [3.63, 3.8) is 0 Å². The second-order valence-electron chi connectivity index (χ2n) is 12.4. The number of hydrogen-bond donors (Lipinski definition) is 1. The van der Waals surface area contributed by atoms with Crippen LogP contribution in [0.2, 0.25) is 0 Å². The van der Waals surface area contributed by atoms with E-state index in [-0.39, 0.29) is 0 Å². The van der Waals surface area contributed by atoms with Crippen LogP contribution in [-0.4, -0.2) is 5.84 Å². The maximum Gasteiger partial charge on any atom is 0.134 e. The molecule has 226 valence electrons. The Morgan fingerprint density at radius 1 is 0.438 bits per heavy atom. The molecule has 0 amide bonds. The highest BCUT2D eigenvalue weighted by Crippen LogP contribution is 2.36. The molecule has 0 radical (unpaired) electrons. The zero-order chi connectivity index (χ0) is 31.9. The Morgan fingerprint density at radius 3 is 1.92 bits per heavy atom. The molecule has 2 nitrogen and oxygen atoms in total. The van der Waals surface area contributed by atoms with E-state index < -0.39 is 0 Å². The maximum absolute atomic E-state index is 5.54. The SMILES string of the molecule is c1ccc(-c2ccccc2NC(=NCc2cccc3ccc4ccccc4c23)c2c3ccccc3cc3c2ccc2ccccc23)cc1. The van der Waals surface area contributed by atoms with Gasteiger partial charge in [0.05, 0.1) is 6.54 Å². The Morgan fingerprint density at radius 2 is 1.06 bits per heavy atom. The fourth-order valence-electron chi connectivity index (χ4n) is 7.28. The standard InChI is InChI=1S/C46H32N2/c1-2-13-31(14-3-1)38-21-10-11-24-43(38)48-46(47-30-36-19-12-18-34-26-25-33-16-5-8-22-39(33)44(34)36)45-40-23-9-6-17-35(40)29-42-37-20-7-4-15-32(37)27-28-41(42)45/h1-29H,30H2,(H,47,48). The van der Waals surface area contributed by atoms with Crippen molar-refractivity contribution in [1.82, 2.24) is 0 Å². The van der Waals surface area contributed by atoms with Crippen molar-refractivity contribution in [2.24, 2.45) is 4.99 Å². The highest BCUT2D eigenvalue weighted by atomic mass is 15.0. The van der Waals surface area contributed by atoms with Gasteiger partial charge in [-0.05, 0) is 77.1 Å². The maximum atomic E-state index is 5.54. The molecular weight excluding hydrogens is 581 g/mol. The Bertz CT molecular complexity index is 2670. The third-order valence-electron chi connectivity index (χ3n) is 9.53. The van der Waals surface area contributed by atoms with E-state index in [1.165, 1.54) is 59.4 Å². The Balaban J connectivity index is 1.31. The molecule has 0 saturated carbocycles. The molecule has 9 aromatic carbocycles. The molecule has 1 N–H and O–H groups in total. The summed E-state index contributed by atoms with van der Waals surface area (Å²) in [6, 6.07) is 63.0. The van der Waals surface area contributed by atoms with E-state index >= 15 is 0 Å². The topological polar surface area (TPSA) is 24.4 Å². The predicted molar refractivity (Wildman–Crippen MR) is 206 cm³/mol. The summed E-state index contributed by atoms with van der Waals surface area (Å²) in [7, 11) is 0. The van der Waals surface area contributed by atoms with Crippen LogP contribution in [0.3, 0.4) is 0 Å². The third-order valence-corrected chi connectivity index (χ3v) is 9.53. The molecule has 0 heterocycles. The van der Waals surface area contributed by atoms with Crippen LogP contribution in [0.15, 0.2) is 181 Å². The molecule has 0 spiro atoms. The third kappa shape index (κ3) is 4.87. The molecule has 9 aromatic rings. The highest BCUT2D eigenvalue weighted by molar-refractivity contribution is 6.27. The van der Waals surface area contributed by atoms with Crippen molar-refractivity contribution in [3.8, 4) is 11.1 Å². The molecule has 48 heavy (non-hydrogen) atoms. The van der Waals surface area contributed by atoms with Crippen molar-refractivity contribution >= 4 is 65.4 Å². The van der Waals surface area contributed by atoms with Crippen LogP contribution >= 0.6 is 0 Å². The smallest absolute Gasteiger partial charge is 0.134 e. The molecule has 0 aliphatic rings. The molecule has 9 rings (SSSR count). The first-order chi connectivity index (χ1) is 23.8. The van der Waals surface area contributed by atoms with Gasteiger partial charge < -0.3 is 5.32 Å². The lowest BCUT2D eigenvalue weighted by molar-refractivity contribution is 1.08. The van der Waals surface area contributed by atoms with Crippen LogP contribution in [0.5, 0.6) is 0 Å². The first-order valence-electron chi connectivity index (χ1n) is 16.5. The summed E-state index contributed by atoms with van der Waals surface area (Å²) >= 11 is 0. The van der Waals surface area contributed by atoms with E-state index in [1.54, 1.807) is 0 Å². The summed E-state index contributed by atoms with van der Waals surface area (Å²) in [6.45, 7) is 0.527. The summed E-state index contributed by atoms with van der Waals surface area (Å²) < 4.78 is 0. The van der Waals surface area contributed by atoms with Gasteiger partial charge in [0.15, 0.2) is 0 Å². The minimum absolute atomic E-state index is 0.527. The normalized spacial score (nSPS) is 12.0. The number of amidine groups is 1. The Hall–Kier alpha value is -6.25. The Labute approximate surface area is 279 Å². The van der Waals surface area contributed by atoms with Gasteiger partial charge >= 0.3 is 0 Å². The van der Waals surface area contributed by atoms with Crippen molar-refractivity contribution < 1.29 is 0 Å². The van der Waals surface area contributed by atoms with Gasteiger partial charge in [0.1, 0.15) is 5.84 Å². The van der Waals surface area contributed by atoms with Crippen LogP contribution in [0, 0.1) is 0 Å². The first kappa shape index (κ1) is 28.0. The van der Waals surface area contributed by atoms with Crippen molar-refractivity contribution in [2.75, 3.05) is 5.32 Å². The van der Waals surface area contributed by atoms with Crippen molar-refractivity contribution in [2.45, 2.75) is 6.54 Å². The molecule has 0 atom stereocenters. The number of fused-ring (bicyclic) bond motifs is 7. The fourth-order valence-corrected chi connectivity index (χ4v) is 7.28. The summed E-state index contributed by atoms with van der Waals surface area (Å²) in [5, 5.41) is 16.1. The minimum atomic E-state index is 0.527. The number of aliphatic imine (C=N–C) groups is 1. The average Bonchev–Trinajstić information content (AvgIpc) is 3.16. The molecule has 2 heteroatoms. The zero-order valence-electron chi connectivity index (χ0n) is 26.4. The fraction of sp³-hybridized carbons (Fsp3) is 0.0217. The number of para-hydroxylation sites is 1. The molecule has 0 saturated heterocycles. The van der Waals surface area contributed by atoms with Gasteiger partial charge in [-0.2, -0.15) is 0 Å². The van der Waals surface area contributed by atoms with Crippen molar-refractivity contribution in [1.29, 1.82) is 0 Å². The van der Waals surface area contributed by atoms with E-state index in [4.69, 9.17) is 4.99 Å². The van der Waals surface area contributed by atoms with Crippen LogP contribution in [0.1, 0.15) is 11.1 Å². The molecular formula is C46H32N2. The van der Waals surface area contributed by atoms with Crippen LogP contribution in [0.25, 0.3) is 65.0 Å². The van der Waals surface area contributed by atoms with E-state index in [1.807, 2.05) is 0 Å². The minimum Gasteiger partial charge on any atom is -0.339 e. The van der Waals surface area contributed by atoms with E-state index in [0.29, 0.717) is 6.54 Å². The molecule has 0 unspecified atom stereocenters. The van der Waals surface area contributed by atoms with Gasteiger partial charge in [-0.25, -0.2) is 0 Å². The van der Waals surface area contributed by atoms with E-state index in [2.05, 4.69) is 181 Å². The lowest BCUT2D eigenvalue weighted by Crippen LogP contribution is -2.16. The first-order valence-corrected chi connectivity index (χ1v) is 16.5. The van der Waals surface area contributed by atoms with Crippen LogP contribution < -0.4 is 5.32 Å². The number of benzene rings is 9. The van der Waals surface area contributed by atoms with E-state index in [9.17, 15) is 0 Å². The second-order valence-corrected chi connectivity index (χ2v) is 12.4. The van der Waals surface area contributed by atoms with Gasteiger partial charge in [-0.3, -0.25) is 4.99 Å². The van der Waals surface area contributed by atoms with Gasteiger partial charge in [0.2, 0.25) is 0 Å². The number of rotatable bonds is 5. The lowest BCUT2D eigenvalue weighted by Gasteiger charge is -2.19. The number of hydrogen-bond acceptors (Lipinski definition) is 1. The summed E-state index contributed by atoms with van der Waals surface area (Å²) in [5.41, 5.74) is 5.63. The molecule has 0 fully saturated rings. The van der Waals surface area contributed by atoms with Gasteiger partial charge in [-0.15, -0.1) is 0 Å². The molecule has 0 aliphatic heterocycles. The molecule has 0 aromatic heterocycles. The van der Waals surface area contributed by atoms with Gasteiger partial charge in [0, 0.05) is 16.8 Å². The van der Waals surface area contributed by atoms with Gasteiger partial charge in [0.25, 0.3) is 0 Å². The lowest BCUT2D eigenvalue weighted by atomic mass is 9.92. The van der Waals surface area contributed by atoms with Crippen LogP contribution in [-0.2, 0) is 6.54 Å². The van der Waals surface area contributed by atoms with Gasteiger partial charge in [-0.1, -0.05) is 164 Å². The summed E-state index contributed by atoms with van der Waals surface area (Å²) in [6.07, 6.45) is 0. The number of nitrogens with one attached hydrogen (secondary N) is 1. The zero-order valence-corrected chi connectivity index (χ0v) is 26.4. The van der Waals surface area contributed by atoms with Crippen molar-refractivity contribution in [3.05, 3.63) is 187 Å². The predicted octanol–water partition coefficient (Wildman–Crippen LogP) is 12.2.